The summed E-state index contributed by atoms with van der Waals surface area (Å²) in [6.07, 6.45) is 2.36. The van der Waals surface area contributed by atoms with Crippen molar-refractivity contribution in [3.63, 3.8) is 0 Å². The first-order valence-corrected chi connectivity index (χ1v) is 7.67. The molecule has 0 aliphatic heterocycles. The smallest absolute Gasteiger partial charge is 0.243 e. The Labute approximate surface area is 122 Å². The molecule has 0 fully saturated rings. The Hall–Kier alpha value is -1.15. The molecule has 0 saturated heterocycles. The highest BCUT2D eigenvalue weighted by Gasteiger charge is 2.21. The predicted octanol–water partition coefficient (Wildman–Crippen LogP) is 1.93. The Morgan fingerprint density at radius 3 is 2.80 bits per heavy atom. The Morgan fingerprint density at radius 2 is 2.15 bits per heavy atom. The quantitative estimate of drug-likeness (QED) is 0.435. The van der Waals surface area contributed by atoms with E-state index in [0.29, 0.717) is 13.0 Å². The van der Waals surface area contributed by atoms with E-state index in [1.54, 1.807) is 6.08 Å². The van der Waals surface area contributed by atoms with E-state index in [1.165, 1.54) is 0 Å². The highest BCUT2D eigenvalue weighted by molar-refractivity contribution is 7.89. The van der Waals surface area contributed by atoms with E-state index in [0.717, 1.165) is 12.1 Å². The summed E-state index contributed by atoms with van der Waals surface area (Å²) in [5.41, 5.74) is 5.53. The zero-order valence-corrected chi connectivity index (χ0v) is 12.3. The lowest BCUT2D eigenvalue weighted by Crippen LogP contribution is -2.28. The number of halogens is 2. The summed E-state index contributed by atoms with van der Waals surface area (Å²) in [5, 5.41) is -0.340. The maximum atomic E-state index is 13.7. The topological polar surface area (TPSA) is 81.4 Å². The van der Waals surface area contributed by atoms with E-state index < -0.39 is 20.7 Å². The van der Waals surface area contributed by atoms with Crippen molar-refractivity contribution in [2.75, 3.05) is 25.5 Å². The number of nitrogen functional groups attached to an aromatic ring is 1. The van der Waals surface area contributed by atoms with Gasteiger partial charge in [-0.15, -0.1) is 6.58 Å². The molecule has 112 valence electrons. The van der Waals surface area contributed by atoms with Crippen LogP contribution < -0.4 is 10.5 Å². The van der Waals surface area contributed by atoms with Crippen LogP contribution in [0.3, 0.4) is 0 Å². The first-order valence-electron chi connectivity index (χ1n) is 5.81. The molecule has 3 N–H and O–H groups in total. The van der Waals surface area contributed by atoms with Crippen LogP contribution in [0.2, 0.25) is 5.02 Å². The fourth-order valence-electron chi connectivity index (χ4n) is 1.37. The van der Waals surface area contributed by atoms with Crippen LogP contribution in [0.15, 0.2) is 29.7 Å². The summed E-state index contributed by atoms with van der Waals surface area (Å²) in [6, 6.07) is 2.16. The molecule has 20 heavy (non-hydrogen) atoms. The lowest BCUT2D eigenvalue weighted by molar-refractivity contribution is 0.144. The third-order valence-electron chi connectivity index (χ3n) is 2.31. The van der Waals surface area contributed by atoms with Crippen LogP contribution in [-0.4, -0.2) is 28.2 Å². The zero-order valence-electron chi connectivity index (χ0n) is 10.7. The molecule has 1 aromatic carbocycles. The molecule has 0 amide bonds. The monoisotopic (exact) mass is 322 g/mol. The summed E-state index contributed by atoms with van der Waals surface area (Å²) >= 11 is 5.56. The van der Waals surface area contributed by atoms with Gasteiger partial charge in [0.25, 0.3) is 0 Å². The number of rotatable bonds is 8. The molecule has 0 radical (unpaired) electrons. The fourth-order valence-corrected chi connectivity index (χ4v) is 2.80. The molecule has 0 unspecified atom stereocenters. The van der Waals surface area contributed by atoms with Gasteiger partial charge >= 0.3 is 0 Å². The minimum absolute atomic E-state index is 0.0192. The number of benzene rings is 1. The summed E-state index contributed by atoms with van der Waals surface area (Å²) in [7, 11) is -4.02. The highest BCUT2D eigenvalue weighted by atomic mass is 35.5. The molecule has 0 aromatic heterocycles. The number of anilines is 1. The van der Waals surface area contributed by atoms with Crippen molar-refractivity contribution in [3.8, 4) is 0 Å². The molecule has 5 nitrogen and oxygen atoms in total. The normalized spacial score (nSPS) is 11.5. The van der Waals surface area contributed by atoms with Crippen LogP contribution in [0, 0.1) is 5.82 Å². The van der Waals surface area contributed by atoms with Gasteiger partial charge in [-0.3, -0.25) is 0 Å². The molecule has 0 aliphatic rings. The summed E-state index contributed by atoms with van der Waals surface area (Å²) in [6.45, 7) is 4.16. The average Bonchev–Trinajstić information content (AvgIpc) is 2.37. The van der Waals surface area contributed by atoms with Gasteiger partial charge < -0.3 is 10.5 Å². The fraction of sp³-hybridized carbons (Fsp3) is 0.333. The van der Waals surface area contributed by atoms with Crippen molar-refractivity contribution in [3.05, 3.63) is 35.6 Å². The van der Waals surface area contributed by atoms with E-state index in [1.807, 2.05) is 0 Å². The maximum Gasteiger partial charge on any atom is 0.243 e. The van der Waals surface area contributed by atoms with Crippen molar-refractivity contribution in [1.82, 2.24) is 4.72 Å². The van der Waals surface area contributed by atoms with Gasteiger partial charge in [0.2, 0.25) is 10.0 Å². The summed E-state index contributed by atoms with van der Waals surface area (Å²) in [4.78, 5) is -0.575. The van der Waals surface area contributed by atoms with Gasteiger partial charge in [0.1, 0.15) is 4.90 Å². The first kappa shape index (κ1) is 16.9. The lowest BCUT2D eigenvalue weighted by Gasteiger charge is -2.09. The third-order valence-corrected chi connectivity index (χ3v) is 4.05. The Kier molecular flexibility index (Phi) is 6.41. The number of nitrogens with one attached hydrogen (secondary N) is 1. The predicted molar refractivity (Wildman–Crippen MR) is 76.6 cm³/mol. The Bertz CT molecular complexity index is 578. The van der Waals surface area contributed by atoms with Crippen molar-refractivity contribution in [1.29, 1.82) is 0 Å². The van der Waals surface area contributed by atoms with Gasteiger partial charge in [0.05, 0.1) is 18.2 Å². The average molecular weight is 323 g/mol. The third kappa shape index (κ3) is 4.75. The Morgan fingerprint density at radius 1 is 1.45 bits per heavy atom. The van der Waals surface area contributed by atoms with Gasteiger partial charge in [-0.05, 0) is 18.6 Å². The van der Waals surface area contributed by atoms with Gasteiger partial charge in [-0.1, -0.05) is 17.7 Å². The first-order chi connectivity index (χ1) is 9.38. The molecule has 0 atom stereocenters. The number of nitrogens with two attached hydrogens (primary N) is 1. The number of hydrogen-bond acceptors (Lipinski definition) is 4. The van der Waals surface area contributed by atoms with Crippen LogP contribution in [0.25, 0.3) is 0 Å². The standard InChI is InChI=1S/C12H16ClFN2O3S/c1-2-3-5-19-6-4-16-20(17,18)11-8-9(15)7-10(13)12(11)14/h2,7-8,16H,1,3-6,15H2. The minimum Gasteiger partial charge on any atom is -0.399 e. The Balaban J connectivity index is 2.67. The highest BCUT2D eigenvalue weighted by Crippen LogP contribution is 2.25. The van der Waals surface area contributed by atoms with Crippen LogP contribution in [0.1, 0.15) is 6.42 Å². The lowest BCUT2D eigenvalue weighted by atomic mass is 10.3. The number of hydrogen-bond donors (Lipinski definition) is 2. The van der Waals surface area contributed by atoms with Gasteiger partial charge in [0, 0.05) is 12.2 Å². The molecule has 0 saturated carbocycles. The van der Waals surface area contributed by atoms with E-state index in [9.17, 15) is 12.8 Å². The number of sulfonamides is 1. The second-order valence-electron chi connectivity index (χ2n) is 3.90. The molecule has 1 rings (SSSR count). The van der Waals surface area contributed by atoms with E-state index in [-0.39, 0.29) is 23.9 Å². The largest absolute Gasteiger partial charge is 0.399 e. The molecule has 0 spiro atoms. The van der Waals surface area contributed by atoms with Crippen molar-refractivity contribution in [2.24, 2.45) is 0 Å². The molecule has 0 bridgehead atoms. The van der Waals surface area contributed by atoms with Crippen molar-refractivity contribution < 1.29 is 17.5 Å². The molecular formula is C12H16ClFN2O3S. The van der Waals surface area contributed by atoms with Crippen molar-refractivity contribution >= 4 is 27.3 Å². The van der Waals surface area contributed by atoms with E-state index in [4.69, 9.17) is 22.1 Å². The van der Waals surface area contributed by atoms with Gasteiger partial charge in [-0.25, -0.2) is 17.5 Å². The van der Waals surface area contributed by atoms with Crippen molar-refractivity contribution in [2.45, 2.75) is 11.3 Å². The van der Waals surface area contributed by atoms with Gasteiger partial charge in [0.15, 0.2) is 5.82 Å². The van der Waals surface area contributed by atoms with E-state index in [2.05, 4.69) is 11.3 Å². The second-order valence-corrected chi connectivity index (χ2v) is 6.04. The zero-order chi connectivity index (χ0) is 15.2. The molecule has 1 aromatic rings. The van der Waals surface area contributed by atoms with Crippen LogP contribution in [0.4, 0.5) is 10.1 Å². The summed E-state index contributed by atoms with van der Waals surface area (Å²) < 4.78 is 44.9. The van der Waals surface area contributed by atoms with Gasteiger partial charge in [-0.2, -0.15) is 0 Å². The van der Waals surface area contributed by atoms with E-state index >= 15 is 0 Å². The maximum absolute atomic E-state index is 13.7. The summed E-state index contributed by atoms with van der Waals surface area (Å²) in [5.74, 6) is -1.03. The SMILES string of the molecule is C=CCCOCCNS(=O)(=O)c1cc(N)cc(Cl)c1F. The molecular weight excluding hydrogens is 307 g/mol. The molecule has 8 heteroatoms. The van der Waals surface area contributed by atoms with Crippen LogP contribution in [-0.2, 0) is 14.8 Å². The molecule has 0 heterocycles. The molecule has 0 aliphatic carbocycles. The second kappa shape index (κ2) is 7.58. The van der Waals surface area contributed by atoms with Crippen LogP contribution >= 0.6 is 11.6 Å². The van der Waals surface area contributed by atoms with Crippen LogP contribution in [0.5, 0.6) is 0 Å². The number of ether oxygens (including phenoxy) is 1. The minimum atomic E-state index is -4.02.